The zero-order chi connectivity index (χ0) is 26.1. The Kier molecular flexibility index (Phi) is 6.66. The van der Waals surface area contributed by atoms with Gasteiger partial charge in [-0.2, -0.15) is 0 Å². The van der Waals surface area contributed by atoms with E-state index < -0.39 is 10.7 Å². The molecule has 1 fully saturated rings. The van der Waals surface area contributed by atoms with Gasteiger partial charge >= 0.3 is 0 Å². The third-order valence-corrected chi connectivity index (χ3v) is 7.56. The van der Waals surface area contributed by atoms with Gasteiger partial charge < -0.3 is 14.7 Å². The predicted octanol–water partition coefficient (Wildman–Crippen LogP) is 4.81. The van der Waals surface area contributed by atoms with Crippen LogP contribution in [0.25, 0.3) is 6.08 Å². The number of likely N-dealkylation sites (N-methyl/N-ethyl adjacent to an activating group) is 1. The molecule has 8 nitrogen and oxygen atoms in total. The lowest BCUT2D eigenvalue weighted by molar-refractivity contribution is -0.384. The molecule has 3 aromatic rings. The molecule has 0 unspecified atom stereocenters. The molecule has 0 spiro atoms. The highest BCUT2D eigenvalue weighted by molar-refractivity contribution is 8.04. The van der Waals surface area contributed by atoms with Crippen LogP contribution in [0.5, 0.6) is 0 Å². The second-order valence-corrected chi connectivity index (χ2v) is 9.82. The van der Waals surface area contributed by atoms with Crippen molar-refractivity contribution in [2.75, 3.05) is 43.0 Å². The number of rotatable bonds is 4. The van der Waals surface area contributed by atoms with E-state index in [2.05, 4.69) is 4.90 Å². The van der Waals surface area contributed by atoms with Crippen molar-refractivity contribution in [2.24, 2.45) is 0 Å². The summed E-state index contributed by atoms with van der Waals surface area (Å²) in [4.78, 5) is 43.3. The van der Waals surface area contributed by atoms with Crippen molar-refractivity contribution in [1.29, 1.82) is 0 Å². The molecule has 1 saturated heterocycles. The largest absolute Gasteiger partial charge is 0.368 e. The molecule has 37 heavy (non-hydrogen) atoms. The number of nitrogens with zero attached hydrogens (tertiary/aromatic N) is 4. The quantitative estimate of drug-likeness (QED) is 0.280. The van der Waals surface area contributed by atoms with Crippen molar-refractivity contribution >= 4 is 46.7 Å². The fourth-order valence-electron chi connectivity index (χ4n) is 4.40. The number of carbonyl (C=O) groups is 2. The van der Waals surface area contributed by atoms with Crippen molar-refractivity contribution < 1.29 is 18.9 Å². The molecule has 2 aliphatic heterocycles. The lowest BCUT2D eigenvalue weighted by Gasteiger charge is -2.36. The number of piperazine rings is 1. The van der Waals surface area contributed by atoms with Crippen LogP contribution in [0.4, 0.5) is 21.5 Å². The van der Waals surface area contributed by atoms with Crippen LogP contribution >= 0.6 is 11.8 Å². The Labute approximate surface area is 217 Å². The van der Waals surface area contributed by atoms with Gasteiger partial charge in [-0.1, -0.05) is 30.0 Å². The normalized spacial score (nSPS) is 16.6. The SMILES string of the molecule is CN1C(=O)/C(=C/c2ccccc2F)Sc2ccc(C(=O)N3CCN(c4ccc([N+](=O)[O-])cc4)CC3)cc21. The van der Waals surface area contributed by atoms with Crippen LogP contribution < -0.4 is 9.80 Å². The minimum Gasteiger partial charge on any atom is -0.368 e. The monoisotopic (exact) mass is 518 g/mol. The molecule has 188 valence electrons. The van der Waals surface area contributed by atoms with Gasteiger partial charge in [0.15, 0.2) is 0 Å². The molecule has 2 amide bonds. The zero-order valence-corrected chi connectivity index (χ0v) is 20.8. The van der Waals surface area contributed by atoms with Gasteiger partial charge in [0.1, 0.15) is 5.82 Å². The molecule has 0 bridgehead atoms. The first-order valence-corrected chi connectivity index (χ1v) is 12.5. The smallest absolute Gasteiger partial charge is 0.269 e. The Hall–Kier alpha value is -4.18. The molecule has 3 aromatic carbocycles. The van der Waals surface area contributed by atoms with Crippen LogP contribution in [0.15, 0.2) is 76.5 Å². The number of halogens is 1. The third-order valence-electron chi connectivity index (χ3n) is 6.49. The maximum absolute atomic E-state index is 14.1. The highest BCUT2D eigenvalue weighted by atomic mass is 32.2. The Morgan fingerprint density at radius 2 is 1.73 bits per heavy atom. The molecule has 2 heterocycles. The summed E-state index contributed by atoms with van der Waals surface area (Å²) in [5.74, 6) is -0.779. The lowest BCUT2D eigenvalue weighted by atomic mass is 10.1. The van der Waals surface area contributed by atoms with Crippen molar-refractivity contribution in [3.8, 4) is 0 Å². The number of nitro groups is 1. The number of amides is 2. The summed E-state index contributed by atoms with van der Waals surface area (Å²) in [6.07, 6.45) is 1.55. The van der Waals surface area contributed by atoms with E-state index in [4.69, 9.17) is 0 Å². The zero-order valence-electron chi connectivity index (χ0n) is 20.0. The van der Waals surface area contributed by atoms with Gasteiger partial charge in [0.05, 0.1) is 15.5 Å². The number of hydrogen-bond acceptors (Lipinski definition) is 6. The molecular formula is C27H23FN4O4S. The van der Waals surface area contributed by atoms with Crippen molar-refractivity contribution in [3.63, 3.8) is 0 Å². The van der Waals surface area contributed by atoms with Crippen molar-refractivity contribution in [2.45, 2.75) is 4.90 Å². The molecule has 0 N–H and O–H groups in total. The van der Waals surface area contributed by atoms with Gasteiger partial charge in [-0.15, -0.1) is 0 Å². The molecular weight excluding hydrogens is 495 g/mol. The number of thioether (sulfide) groups is 1. The Morgan fingerprint density at radius 3 is 2.41 bits per heavy atom. The summed E-state index contributed by atoms with van der Waals surface area (Å²) in [5.41, 5.74) is 2.39. The highest BCUT2D eigenvalue weighted by Gasteiger charge is 2.29. The minimum atomic E-state index is -0.428. The van der Waals surface area contributed by atoms with E-state index in [0.717, 1.165) is 10.6 Å². The molecule has 5 rings (SSSR count). The maximum Gasteiger partial charge on any atom is 0.269 e. The van der Waals surface area contributed by atoms with Gasteiger partial charge in [0, 0.05) is 67.1 Å². The number of anilines is 2. The van der Waals surface area contributed by atoms with E-state index in [-0.39, 0.29) is 17.5 Å². The first kappa shape index (κ1) is 24.5. The predicted molar refractivity (Wildman–Crippen MR) is 141 cm³/mol. The molecule has 2 aliphatic rings. The van der Waals surface area contributed by atoms with Gasteiger partial charge in [-0.3, -0.25) is 19.7 Å². The van der Waals surface area contributed by atoms with Gasteiger partial charge in [-0.25, -0.2) is 4.39 Å². The first-order valence-electron chi connectivity index (χ1n) is 11.7. The summed E-state index contributed by atoms with van der Waals surface area (Å²) >= 11 is 1.26. The first-order chi connectivity index (χ1) is 17.8. The van der Waals surface area contributed by atoms with E-state index in [1.54, 1.807) is 60.5 Å². The average molecular weight is 519 g/mol. The van der Waals surface area contributed by atoms with E-state index in [1.807, 2.05) is 6.07 Å². The van der Waals surface area contributed by atoms with E-state index >= 15 is 0 Å². The topological polar surface area (TPSA) is 87.0 Å². The van der Waals surface area contributed by atoms with Crippen LogP contribution in [0.3, 0.4) is 0 Å². The fraction of sp³-hybridized carbons (Fsp3) is 0.185. The van der Waals surface area contributed by atoms with Crippen LogP contribution in [-0.4, -0.2) is 54.9 Å². The maximum atomic E-state index is 14.1. The van der Waals surface area contributed by atoms with Crippen molar-refractivity contribution in [1.82, 2.24) is 4.90 Å². The fourth-order valence-corrected chi connectivity index (χ4v) is 5.48. The van der Waals surface area contributed by atoms with Gasteiger partial charge in [-0.05, 0) is 42.5 Å². The Morgan fingerprint density at radius 1 is 1.03 bits per heavy atom. The summed E-state index contributed by atoms with van der Waals surface area (Å²) in [6.45, 7) is 2.22. The number of benzene rings is 3. The van der Waals surface area contributed by atoms with Crippen LogP contribution in [0, 0.1) is 15.9 Å². The summed E-state index contributed by atoms with van der Waals surface area (Å²) < 4.78 is 14.1. The summed E-state index contributed by atoms with van der Waals surface area (Å²) in [7, 11) is 1.65. The second-order valence-electron chi connectivity index (χ2n) is 8.73. The number of non-ortho nitro benzene ring substituents is 1. The molecule has 0 atom stereocenters. The number of fused-ring (bicyclic) bond motifs is 1. The second kappa shape index (κ2) is 10.1. The average Bonchev–Trinajstić information content (AvgIpc) is 2.92. The molecule has 0 radical (unpaired) electrons. The Bertz CT molecular complexity index is 1420. The Balaban J connectivity index is 1.28. The summed E-state index contributed by atoms with van der Waals surface area (Å²) in [6, 6.07) is 18.0. The number of hydrogen-bond donors (Lipinski definition) is 0. The van der Waals surface area contributed by atoms with Gasteiger partial charge in [0.2, 0.25) is 0 Å². The standard InChI is InChI=1S/C27H23FN4O4S/c1-29-23-16-19(6-11-24(23)37-25(27(29)34)17-18-4-2-3-5-22(18)28)26(33)31-14-12-30(13-15-31)20-7-9-21(10-8-20)32(35)36/h2-11,16-17H,12-15H2,1H3/b25-17-. The molecule has 10 heteroatoms. The summed E-state index contributed by atoms with van der Waals surface area (Å²) in [5, 5.41) is 10.9. The van der Waals surface area contributed by atoms with E-state index in [9.17, 15) is 24.1 Å². The lowest BCUT2D eigenvalue weighted by Crippen LogP contribution is -2.48. The van der Waals surface area contributed by atoms with E-state index in [1.165, 1.54) is 34.9 Å². The van der Waals surface area contributed by atoms with Crippen LogP contribution in [0.1, 0.15) is 15.9 Å². The van der Waals surface area contributed by atoms with Crippen LogP contribution in [0.2, 0.25) is 0 Å². The van der Waals surface area contributed by atoms with Crippen molar-refractivity contribution in [3.05, 3.63) is 98.7 Å². The van der Waals surface area contributed by atoms with E-state index in [0.29, 0.717) is 47.9 Å². The number of nitro benzene ring substituents is 1. The molecule has 0 aliphatic carbocycles. The van der Waals surface area contributed by atoms with Gasteiger partial charge in [0.25, 0.3) is 17.5 Å². The number of carbonyl (C=O) groups excluding carboxylic acids is 2. The third kappa shape index (κ3) is 4.92. The van der Waals surface area contributed by atoms with Crippen LogP contribution in [-0.2, 0) is 4.79 Å². The molecule has 0 saturated carbocycles. The molecule has 0 aromatic heterocycles. The highest BCUT2D eigenvalue weighted by Crippen LogP contribution is 2.42. The minimum absolute atomic E-state index is 0.0430.